The van der Waals surface area contributed by atoms with Crippen molar-refractivity contribution in [3.05, 3.63) is 59.7 Å². The van der Waals surface area contributed by atoms with Crippen molar-refractivity contribution in [1.29, 1.82) is 0 Å². The van der Waals surface area contributed by atoms with Crippen LogP contribution in [0.5, 0.6) is 0 Å². The van der Waals surface area contributed by atoms with Crippen LogP contribution in [0.3, 0.4) is 0 Å². The summed E-state index contributed by atoms with van der Waals surface area (Å²) in [4.78, 5) is 0. The van der Waals surface area contributed by atoms with Gasteiger partial charge in [0.2, 0.25) is 0 Å². The predicted octanol–water partition coefficient (Wildman–Crippen LogP) is 4.19. The zero-order valence-corrected chi connectivity index (χ0v) is 11.9. The van der Waals surface area contributed by atoms with Gasteiger partial charge < -0.3 is 5.73 Å². The molecule has 2 aromatic carbocycles. The molecule has 0 aliphatic carbocycles. The summed E-state index contributed by atoms with van der Waals surface area (Å²) >= 11 is 0. The van der Waals surface area contributed by atoms with Crippen molar-refractivity contribution >= 4 is 0 Å². The van der Waals surface area contributed by atoms with E-state index < -0.39 is 0 Å². The van der Waals surface area contributed by atoms with Crippen molar-refractivity contribution in [3.63, 3.8) is 0 Å². The van der Waals surface area contributed by atoms with Crippen LogP contribution in [0.15, 0.2) is 48.5 Å². The average Bonchev–Trinajstić information content (AvgIpc) is 2.46. The highest BCUT2D eigenvalue weighted by Crippen LogP contribution is 2.26. The van der Waals surface area contributed by atoms with Crippen LogP contribution < -0.4 is 5.73 Å². The third kappa shape index (κ3) is 3.45. The predicted molar refractivity (Wildman–Crippen MR) is 83.2 cm³/mol. The van der Waals surface area contributed by atoms with E-state index in [9.17, 15) is 0 Å². The molecule has 2 N–H and O–H groups in total. The minimum absolute atomic E-state index is 0.597. The van der Waals surface area contributed by atoms with E-state index >= 15 is 0 Å². The summed E-state index contributed by atoms with van der Waals surface area (Å²) in [7, 11) is 0. The molecule has 0 heterocycles. The Morgan fingerprint density at radius 3 is 2.42 bits per heavy atom. The van der Waals surface area contributed by atoms with Crippen LogP contribution in [0.1, 0.15) is 24.5 Å². The second kappa shape index (κ2) is 6.53. The first-order valence-electron chi connectivity index (χ1n) is 7.06. The molecule has 0 fully saturated rings. The van der Waals surface area contributed by atoms with Crippen molar-refractivity contribution in [2.24, 2.45) is 11.7 Å². The van der Waals surface area contributed by atoms with Gasteiger partial charge in [-0.05, 0) is 54.5 Å². The van der Waals surface area contributed by atoms with E-state index in [0.717, 1.165) is 19.4 Å². The smallest absolute Gasteiger partial charge is 0.00514 e. The molecule has 1 heteroatoms. The van der Waals surface area contributed by atoms with E-state index in [1.54, 1.807) is 0 Å². The normalized spacial score (nSPS) is 12.4. The summed E-state index contributed by atoms with van der Waals surface area (Å²) in [6.07, 6.45) is 2.28. The molecule has 1 atom stereocenters. The summed E-state index contributed by atoms with van der Waals surface area (Å²) in [5.41, 5.74) is 11.2. The Bertz CT molecular complexity index is 516. The average molecular weight is 253 g/mol. The maximum Gasteiger partial charge on any atom is -0.00514 e. The van der Waals surface area contributed by atoms with Gasteiger partial charge in [-0.3, -0.25) is 0 Å². The third-order valence-corrected chi connectivity index (χ3v) is 3.84. The monoisotopic (exact) mass is 253 g/mol. The Labute approximate surface area is 116 Å². The number of rotatable bonds is 5. The van der Waals surface area contributed by atoms with Crippen molar-refractivity contribution in [2.75, 3.05) is 6.54 Å². The maximum absolute atomic E-state index is 5.70. The molecule has 100 valence electrons. The van der Waals surface area contributed by atoms with Gasteiger partial charge in [0.25, 0.3) is 0 Å². The van der Waals surface area contributed by atoms with E-state index in [2.05, 4.69) is 62.4 Å². The lowest BCUT2D eigenvalue weighted by molar-refractivity contribution is 0.544. The highest BCUT2D eigenvalue weighted by atomic mass is 14.5. The number of aryl methyl sites for hydroxylation is 1. The lowest BCUT2D eigenvalue weighted by atomic mass is 9.92. The number of nitrogens with two attached hydrogens (primary N) is 1. The van der Waals surface area contributed by atoms with Crippen molar-refractivity contribution in [3.8, 4) is 11.1 Å². The second-order valence-electron chi connectivity index (χ2n) is 5.34. The van der Waals surface area contributed by atoms with E-state index in [4.69, 9.17) is 5.73 Å². The lowest BCUT2D eigenvalue weighted by Crippen LogP contribution is -2.11. The van der Waals surface area contributed by atoms with Crippen LogP contribution in [-0.4, -0.2) is 6.54 Å². The van der Waals surface area contributed by atoms with E-state index in [1.165, 1.54) is 22.3 Å². The lowest BCUT2D eigenvalue weighted by Gasteiger charge is -2.13. The highest BCUT2D eigenvalue weighted by Gasteiger charge is 2.07. The molecule has 1 nitrogen and oxygen atoms in total. The maximum atomic E-state index is 5.70. The number of benzene rings is 2. The molecule has 0 aliphatic rings. The molecule has 2 aromatic rings. The van der Waals surface area contributed by atoms with Gasteiger partial charge in [-0.15, -0.1) is 0 Å². The van der Waals surface area contributed by atoms with Gasteiger partial charge in [-0.1, -0.05) is 55.5 Å². The Hall–Kier alpha value is -1.60. The fraction of sp³-hybridized carbons (Fsp3) is 0.333. The number of hydrogen-bond acceptors (Lipinski definition) is 1. The summed E-state index contributed by atoms with van der Waals surface area (Å²) < 4.78 is 0. The summed E-state index contributed by atoms with van der Waals surface area (Å²) in [6, 6.07) is 17.2. The topological polar surface area (TPSA) is 26.0 Å². The van der Waals surface area contributed by atoms with Gasteiger partial charge >= 0.3 is 0 Å². The minimum Gasteiger partial charge on any atom is -0.330 e. The molecular weight excluding hydrogens is 230 g/mol. The Morgan fingerprint density at radius 1 is 1.00 bits per heavy atom. The largest absolute Gasteiger partial charge is 0.330 e. The van der Waals surface area contributed by atoms with Crippen molar-refractivity contribution in [2.45, 2.75) is 26.7 Å². The standard InChI is InChI=1S/C18H23N/c1-14(13-19)11-12-16-9-6-10-18(15(16)2)17-7-4-3-5-8-17/h3-10,14H,11-13,19H2,1-2H3/t14-/m1/s1. The molecule has 19 heavy (non-hydrogen) atoms. The molecule has 0 amide bonds. The van der Waals surface area contributed by atoms with Gasteiger partial charge in [-0.25, -0.2) is 0 Å². The first kappa shape index (κ1) is 13.8. The van der Waals surface area contributed by atoms with Crippen LogP contribution in [-0.2, 0) is 6.42 Å². The first-order valence-corrected chi connectivity index (χ1v) is 7.06. The highest BCUT2D eigenvalue weighted by molar-refractivity contribution is 5.68. The number of hydrogen-bond donors (Lipinski definition) is 1. The van der Waals surface area contributed by atoms with Gasteiger partial charge in [0.05, 0.1) is 0 Å². The minimum atomic E-state index is 0.597. The molecule has 0 unspecified atom stereocenters. The molecule has 0 saturated heterocycles. The molecule has 0 aromatic heterocycles. The van der Waals surface area contributed by atoms with Crippen LogP contribution >= 0.6 is 0 Å². The zero-order valence-electron chi connectivity index (χ0n) is 11.9. The molecular formula is C18H23N. The van der Waals surface area contributed by atoms with Crippen molar-refractivity contribution < 1.29 is 0 Å². The Morgan fingerprint density at radius 2 is 1.74 bits per heavy atom. The second-order valence-corrected chi connectivity index (χ2v) is 5.34. The molecule has 0 spiro atoms. The molecule has 0 aliphatic heterocycles. The molecule has 0 bridgehead atoms. The van der Waals surface area contributed by atoms with Crippen molar-refractivity contribution in [1.82, 2.24) is 0 Å². The van der Waals surface area contributed by atoms with Gasteiger partial charge in [-0.2, -0.15) is 0 Å². The molecule has 2 rings (SSSR count). The van der Waals surface area contributed by atoms with Crippen LogP contribution in [0, 0.1) is 12.8 Å². The SMILES string of the molecule is Cc1c(CC[C@@H](C)CN)cccc1-c1ccccc1. The Kier molecular flexibility index (Phi) is 4.75. The van der Waals surface area contributed by atoms with Gasteiger partial charge in [0.1, 0.15) is 0 Å². The fourth-order valence-electron chi connectivity index (χ4n) is 2.40. The summed E-state index contributed by atoms with van der Waals surface area (Å²) in [6.45, 7) is 5.22. The Balaban J connectivity index is 2.23. The van der Waals surface area contributed by atoms with Crippen LogP contribution in [0.2, 0.25) is 0 Å². The zero-order chi connectivity index (χ0) is 13.7. The summed E-state index contributed by atoms with van der Waals surface area (Å²) in [5, 5.41) is 0. The third-order valence-electron chi connectivity index (χ3n) is 3.84. The molecule has 0 radical (unpaired) electrons. The summed E-state index contributed by atoms with van der Waals surface area (Å²) in [5.74, 6) is 0.597. The van der Waals surface area contributed by atoms with Gasteiger partial charge in [0, 0.05) is 0 Å². The fourth-order valence-corrected chi connectivity index (χ4v) is 2.40. The van der Waals surface area contributed by atoms with E-state index in [1.807, 2.05) is 0 Å². The first-order chi connectivity index (χ1) is 9.22. The van der Waals surface area contributed by atoms with E-state index in [0.29, 0.717) is 5.92 Å². The van der Waals surface area contributed by atoms with Crippen LogP contribution in [0.4, 0.5) is 0 Å². The van der Waals surface area contributed by atoms with E-state index in [-0.39, 0.29) is 0 Å². The molecule has 0 saturated carbocycles. The quantitative estimate of drug-likeness (QED) is 0.849. The van der Waals surface area contributed by atoms with Crippen LogP contribution in [0.25, 0.3) is 11.1 Å². The van der Waals surface area contributed by atoms with Gasteiger partial charge in [0.15, 0.2) is 0 Å².